The summed E-state index contributed by atoms with van der Waals surface area (Å²) >= 11 is 0. The lowest BCUT2D eigenvalue weighted by atomic mass is 9.33. The first-order chi connectivity index (χ1) is 24.0. The third kappa shape index (κ3) is 5.57. The van der Waals surface area contributed by atoms with E-state index in [1.165, 1.54) is 48.8 Å². The predicted molar refractivity (Wildman–Crippen MR) is 207 cm³/mol. The van der Waals surface area contributed by atoms with Crippen LogP contribution in [-0.4, -0.2) is 52.7 Å². The topological polar surface area (TPSA) is 81.7 Å². The summed E-state index contributed by atoms with van der Waals surface area (Å²) in [4.78, 5) is 28.0. The van der Waals surface area contributed by atoms with Crippen LogP contribution in [0.1, 0.15) is 142 Å². The monoisotopic (exact) mass is 698 g/mol. The molecule has 6 heteroatoms. The van der Waals surface area contributed by atoms with E-state index in [1.54, 1.807) is 12.1 Å². The number of urea groups is 1. The molecule has 3 N–H and O–H groups in total. The van der Waals surface area contributed by atoms with Crippen molar-refractivity contribution in [3.63, 3.8) is 0 Å². The van der Waals surface area contributed by atoms with E-state index in [9.17, 15) is 14.7 Å². The van der Waals surface area contributed by atoms with Crippen LogP contribution < -0.4 is 10.6 Å². The van der Waals surface area contributed by atoms with Crippen molar-refractivity contribution in [3.8, 4) is 0 Å². The Morgan fingerprint density at radius 2 is 1.53 bits per heavy atom. The number of rotatable bonds is 9. The lowest BCUT2D eigenvalue weighted by Crippen LogP contribution is -2.69. The summed E-state index contributed by atoms with van der Waals surface area (Å²) in [7, 11) is 0. The molecule has 280 valence electrons. The van der Waals surface area contributed by atoms with Gasteiger partial charge < -0.3 is 20.6 Å². The van der Waals surface area contributed by atoms with Crippen LogP contribution in [0, 0.1) is 51.2 Å². The fraction of sp³-hybridized carbons (Fsp3) is 0.733. The number of hydrogen-bond acceptors (Lipinski definition) is 3. The molecule has 1 aromatic rings. The second kappa shape index (κ2) is 12.5. The lowest BCUT2D eigenvalue weighted by Gasteiger charge is -2.72. The van der Waals surface area contributed by atoms with Gasteiger partial charge in [-0.25, -0.2) is 9.59 Å². The zero-order valence-corrected chi connectivity index (χ0v) is 33.1. The zero-order chi connectivity index (χ0) is 36.8. The molecule has 9 atom stereocenters. The maximum absolute atomic E-state index is 14.0. The Balaban J connectivity index is 1.16. The van der Waals surface area contributed by atoms with Crippen molar-refractivity contribution < 1.29 is 14.7 Å². The first-order valence-electron chi connectivity index (χ1n) is 20.5. The van der Waals surface area contributed by atoms with E-state index in [0.717, 1.165) is 58.2 Å². The molecule has 0 spiro atoms. The summed E-state index contributed by atoms with van der Waals surface area (Å²) in [6.45, 7) is 27.1. The number of amides is 2. The average molecular weight is 698 g/mol. The number of fused-ring (bicyclic) bond motifs is 7. The molecule has 6 aliphatic carbocycles. The van der Waals surface area contributed by atoms with Crippen molar-refractivity contribution in [1.29, 1.82) is 0 Å². The van der Waals surface area contributed by atoms with Gasteiger partial charge in [0, 0.05) is 12.1 Å². The SMILES string of the molecule is C=C(C)C1CCC2(NC(=O)NC3(CN(CC)CC)CC3)CCC3(C)C(CCC4C5(C)CC=C(c6ccc(C(=O)O)cc6)C(C)(C)C5CCC43C)C12. The molecule has 0 radical (unpaired) electrons. The van der Waals surface area contributed by atoms with Gasteiger partial charge in [0.2, 0.25) is 0 Å². The summed E-state index contributed by atoms with van der Waals surface area (Å²) in [5, 5.41) is 16.8. The number of allylic oxidation sites excluding steroid dienone is 3. The van der Waals surface area contributed by atoms with E-state index >= 15 is 0 Å². The highest BCUT2D eigenvalue weighted by Crippen LogP contribution is 2.76. The maximum atomic E-state index is 14.0. The minimum Gasteiger partial charge on any atom is -0.478 e. The summed E-state index contributed by atoms with van der Waals surface area (Å²) < 4.78 is 0. The second-order valence-corrected chi connectivity index (χ2v) is 19.6. The van der Waals surface area contributed by atoms with Crippen molar-refractivity contribution >= 4 is 17.6 Å². The summed E-state index contributed by atoms with van der Waals surface area (Å²) in [6.07, 6.45) is 15.2. The van der Waals surface area contributed by atoms with E-state index in [4.69, 9.17) is 0 Å². The van der Waals surface area contributed by atoms with Crippen LogP contribution in [0.5, 0.6) is 0 Å². The van der Waals surface area contributed by atoms with E-state index < -0.39 is 5.97 Å². The molecular weight excluding hydrogens is 631 g/mol. The summed E-state index contributed by atoms with van der Waals surface area (Å²) in [5.74, 6) is 1.79. The van der Waals surface area contributed by atoms with E-state index in [-0.39, 0.29) is 38.8 Å². The Morgan fingerprint density at radius 3 is 2.14 bits per heavy atom. The Labute approximate surface area is 308 Å². The Morgan fingerprint density at radius 1 is 0.843 bits per heavy atom. The molecule has 1 aromatic carbocycles. The zero-order valence-electron chi connectivity index (χ0n) is 33.1. The summed E-state index contributed by atoms with van der Waals surface area (Å²) in [6, 6.07) is 7.64. The molecule has 2 amide bonds. The van der Waals surface area contributed by atoms with Gasteiger partial charge in [-0.15, -0.1) is 0 Å². The van der Waals surface area contributed by atoms with Gasteiger partial charge in [-0.2, -0.15) is 0 Å². The van der Waals surface area contributed by atoms with Crippen LogP contribution in [-0.2, 0) is 0 Å². The van der Waals surface area contributed by atoms with Crippen LogP contribution in [0.15, 0.2) is 42.5 Å². The number of nitrogens with one attached hydrogen (secondary N) is 2. The third-order valence-electron chi connectivity index (χ3n) is 17.1. The van der Waals surface area contributed by atoms with Gasteiger partial charge in [0.15, 0.2) is 0 Å². The van der Waals surface area contributed by atoms with E-state index in [0.29, 0.717) is 35.2 Å². The van der Waals surface area contributed by atoms with Gasteiger partial charge >= 0.3 is 12.0 Å². The number of carbonyl (C=O) groups is 2. The molecule has 51 heavy (non-hydrogen) atoms. The van der Waals surface area contributed by atoms with Gasteiger partial charge in [-0.3, -0.25) is 0 Å². The first kappa shape index (κ1) is 36.7. The number of hydrogen-bond donors (Lipinski definition) is 3. The molecule has 0 aromatic heterocycles. The highest BCUT2D eigenvalue weighted by atomic mass is 16.4. The van der Waals surface area contributed by atoms with Crippen LogP contribution >= 0.6 is 0 Å². The van der Waals surface area contributed by atoms with Crippen LogP contribution in [0.25, 0.3) is 5.57 Å². The van der Waals surface area contributed by atoms with Crippen molar-refractivity contribution in [3.05, 3.63) is 53.6 Å². The molecule has 5 fully saturated rings. The smallest absolute Gasteiger partial charge is 0.335 e. The molecule has 6 nitrogen and oxygen atoms in total. The van der Waals surface area contributed by atoms with Crippen molar-refractivity contribution in [1.82, 2.24) is 15.5 Å². The Bertz CT molecular complexity index is 1590. The normalized spacial score (nSPS) is 40.2. The van der Waals surface area contributed by atoms with Crippen LogP contribution in [0.2, 0.25) is 0 Å². The maximum Gasteiger partial charge on any atom is 0.335 e. The number of aromatic carboxylic acids is 1. The fourth-order valence-corrected chi connectivity index (χ4v) is 14.1. The van der Waals surface area contributed by atoms with Crippen molar-refractivity contribution in [2.45, 2.75) is 137 Å². The van der Waals surface area contributed by atoms with Crippen LogP contribution in [0.3, 0.4) is 0 Å². The highest BCUT2D eigenvalue weighted by Gasteiger charge is 2.70. The lowest BCUT2D eigenvalue weighted by molar-refractivity contribution is -0.218. The molecule has 6 aliphatic rings. The number of nitrogens with zero attached hydrogens (tertiary/aromatic N) is 1. The van der Waals surface area contributed by atoms with Gasteiger partial charge in [-0.05, 0) is 165 Å². The molecule has 0 bridgehead atoms. The Kier molecular flexibility index (Phi) is 9.00. The number of carboxylic acid groups (broad SMARTS) is 1. The minimum absolute atomic E-state index is 0.00344. The molecular formula is C45H67N3O3. The molecule has 5 saturated carbocycles. The number of likely N-dealkylation sites (N-methyl/N-ethyl adjacent to an activating group) is 1. The van der Waals surface area contributed by atoms with Crippen molar-refractivity contribution in [2.75, 3.05) is 19.6 Å². The largest absolute Gasteiger partial charge is 0.478 e. The Hall–Kier alpha value is -2.60. The molecule has 0 saturated heterocycles. The quantitative estimate of drug-likeness (QED) is 0.225. The molecule has 0 heterocycles. The minimum atomic E-state index is -0.870. The third-order valence-corrected chi connectivity index (χ3v) is 17.1. The fourth-order valence-electron chi connectivity index (χ4n) is 14.1. The second-order valence-electron chi connectivity index (χ2n) is 19.6. The first-order valence-corrected chi connectivity index (χ1v) is 20.5. The molecule has 0 aliphatic heterocycles. The van der Waals surface area contributed by atoms with Gasteiger partial charge in [0.25, 0.3) is 0 Å². The average Bonchev–Trinajstić information content (AvgIpc) is 3.71. The van der Waals surface area contributed by atoms with E-state index in [1.807, 2.05) is 12.1 Å². The standard InChI is InChI=1S/C45H67N3O3/c1-10-48(11-2)28-44(25-26-44)46-39(51)47-45-23-18-32(29(3)4)37(45)34-16-17-36-41(7)21-19-33(30-12-14-31(15-13-30)38(49)50)40(5,6)35(41)20-22-43(36,9)42(34,8)24-27-45/h12-15,19,32,34-37H,3,10-11,16-18,20-28H2,1-2,4-9H3,(H,49,50)(H2,46,47,51). The molecule has 9 unspecified atom stereocenters. The van der Waals surface area contributed by atoms with Gasteiger partial charge in [0.1, 0.15) is 0 Å². The van der Waals surface area contributed by atoms with Crippen LogP contribution in [0.4, 0.5) is 4.79 Å². The molecule has 7 rings (SSSR count). The van der Waals surface area contributed by atoms with Gasteiger partial charge in [-0.1, -0.05) is 78.8 Å². The highest BCUT2D eigenvalue weighted by molar-refractivity contribution is 5.88. The van der Waals surface area contributed by atoms with Gasteiger partial charge in [0.05, 0.1) is 11.1 Å². The number of carbonyl (C=O) groups excluding carboxylic acids is 1. The predicted octanol–water partition coefficient (Wildman–Crippen LogP) is 9.96. The number of carboxylic acids is 1. The van der Waals surface area contributed by atoms with E-state index in [2.05, 4.69) is 83.6 Å². The summed E-state index contributed by atoms with van der Waals surface area (Å²) in [5.41, 5.74) is 4.61. The van der Waals surface area contributed by atoms with Crippen molar-refractivity contribution in [2.24, 2.45) is 51.2 Å². The number of benzene rings is 1.